The van der Waals surface area contributed by atoms with E-state index in [1.807, 2.05) is 59.1 Å². The van der Waals surface area contributed by atoms with Crippen molar-refractivity contribution in [2.75, 3.05) is 6.54 Å². The van der Waals surface area contributed by atoms with Gasteiger partial charge in [-0.25, -0.2) is 22.6 Å². The summed E-state index contributed by atoms with van der Waals surface area (Å²) < 4.78 is 30.2. The van der Waals surface area contributed by atoms with Gasteiger partial charge in [0.1, 0.15) is 0 Å². The Morgan fingerprint density at radius 2 is 1.70 bits per heavy atom. The van der Waals surface area contributed by atoms with Gasteiger partial charge in [0.2, 0.25) is 10.0 Å². The molecule has 0 spiro atoms. The van der Waals surface area contributed by atoms with Crippen molar-refractivity contribution in [3.05, 3.63) is 58.0 Å². The fourth-order valence-corrected chi connectivity index (χ4v) is 5.00. The van der Waals surface area contributed by atoms with Crippen LogP contribution in [0.5, 0.6) is 0 Å². The number of sulfonamides is 1. The molecule has 0 amide bonds. The SMILES string of the molecule is Cc1cc2ncc(CCCNS(=O)(=O)c3c(C)c(C)cc(C)c3C)cn2n1. The molecule has 144 valence electrons. The summed E-state index contributed by atoms with van der Waals surface area (Å²) in [5.41, 5.74) is 6.39. The van der Waals surface area contributed by atoms with Crippen molar-refractivity contribution in [1.82, 2.24) is 19.3 Å². The molecule has 0 unspecified atom stereocenters. The van der Waals surface area contributed by atoms with Crippen LogP contribution in [0, 0.1) is 34.6 Å². The van der Waals surface area contributed by atoms with Crippen molar-refractivity contribution in [3.8, 4) is 0 Å². The first kappa shape index (κ1) is 19.5. The van der Waals surface area contributed by atoms with Gasteiger partial charge in [-0.05, 0) is 75.3 Å². The smallest absolute Gasteiger partial charge is 0.237 e. The Morgan fingerprint density at radius 1 is 1.04 bits per heavy atom. The molecule has 6 nitrogen and oxygen atoms in total. The van der Waals surface area contributed by atoms with Crippen molar-refractivity contribution in [3.63, 3.8) is 0 Å². The van der Waals surface area contributed by atoms with Crippen molar-refractivity contribution in [1.29, 1.82) is 0 Å². The zero-order valence-electron chi connectivity index (χ0n) is 16.5. The molecule has 0 saturated heterocycles. The standard InChI is InChI=1S/C20H26N4O2S/c1-13-9-14(2)17(5)20(16(13)4)27(25,26)22-8-6-7-18-11-21-19-10-15(3)23-24(19)12-18/h9-12,22H,6-8H2,1-5H3. The van der Waals surface area contributed by atoms with Gasteiger partial charge in [0, 0.05) is 25.0 Å². The van der Waals surface area contributed by atoms with Gasteiger partial charge in [-0.15, -0.1) is 0 Å². The highest BCUT2D eigenvalue weighted by Gasteiger charge is 2.21. The minimum absolute atomic E-state index is 0.379. The maximum atomic E-state index is 12.8. The predicted octanol–water partition coefficient (Wildman–Crippen LogP) is 3.18. The Kier molecular flexibility index (Phi) is 5.35. The van der Waals surface area contributed by atoms with Crippen LogP contribution in [-0.4, -0.2) is 29.6 Å². The highest BCUT2D eigenvalue weighted by Crippen LogP contribution is 2.25. The van der Waals surface area contributed by atoms with Crippen LogP contribution in [-0.2, 0) is 16.4 Å². The van der Waals surface area contributed by atoms with Gasteiger partial charge >= 0.3 is 0 Å². The lowest BCUT2D eigenvalue weighted by molar-refractivity contribution is 0.577. The molecule has 0 fully saturated rings. The first-order valence-electron chi connectivity index (χ1n) is 9.07. The highest BCUT2D eigenvalue weighted by atomic mass is 32.2. The molecule has 1 aromatic carbocycles. The van der Waals surface area contributed by atoms with Crippen LogP contribution >= 0.6 is 0 Å². The molecule has 7 heteroatoms. The molecule has 0 aliphatic heterocycles. The number of benzene rings is 1. The van der Waals surface area contributed by atoms with E-state index in [0.29, 0.717) is 17.9 Å². The van der Waals surface area contributed by atoms with Crippen LogP contribution in [0.15, 0.2) is 29.4 Å². The van der Waals surface area contributed by atoms with Gasteiger partial charge in [-0.2, -0.15) is 5.10 Å². The van der Waals surface area contributed by atoms with E-state index in [4.69, 9.17) is 0 Å². The third-order valence-electron chi connectivity index (χ3n) is 4.99. The molecule has 0 aliphatic carbocycles. The number of aromatic nitrogens is 3. The van der Waals surface area contributed by atoms with Crippen LogP contribution in [0.3, 0.4) is 0 Å². The van der Waals surface area contributed by atoms with Crippen LogP contribution in [0.2, 0.25) is 0 Å². The predicted molar refractivity (Wildman–Crippen MR) is 107 cm³/mol. The highest BCUT2D eigenvalue weighted by molar-refractivity contribution is 7.89. The summed E-state index contributed by atoms with van der Waals surface area (Å²) in [4.78, 5) is 4.79. The quantitative estimate of drug-likeness (QED) is 0.660. The molecule has 3 aromatic rings. The monoisotopic (exact) mass is 386 g/mol. The number of nitrogens with zero attached hydrogens (tertiary/aromatic N) is 3. The van der Waals surface area contributed by atoms with Crippen LogP contribution in [0.25, 0.3) is 5.65 Å². The normalized spacial score (nSPS) is 12.0. The van der Waals surface area contributed by atoms with E-state index in [2.05, 4.69) is 14.8 Å². The van der Waals surface area contributed by atoms with Crippen molar-refractivity contribution in [2.24, 2.45) is 0 Å². The molecular weight excluding hydrogens is 360 g/mol. The second kappa shape index (κ2) is 7.40. The maximum Gasteiger partial charge on any atom is 0.241 e. The Balaban J connectivity index is 1.67. The molecule has 0 saturated carbocycles. The first-order chi connectivity index (χ1) is 12.7. The van der Waals surface area contributed by atoms with E-state index in [0.717, 1.165) is 45.6 Å². The van der Waals surface area contributed by atoms with Gasteiger partial charge in [-0.3, -0.25) is 0 Å². The molecule has 0 radical (unpaired) electrons. The Hall–Kier alpha value is -2.25. The van der Waals surface area contributed by atoms with Gasteiger partial charge in [-0.1, -0.05) is 6.07 Å². The van der Waals surface area contributed by atoms with E-state index in [1.165, 1.54) is 0 Å². The molecule has 0 aliphatic rings. The van der Waals surface area contributed by atoms with Crippen molar-refractivity contribution in [2.45, 2.75) is 52.4 Å². The van der Waals surface area contributed by atoms with Gasteiger partial charge < -0.3 is 0 Å². The number of nitrogens with one attached hydrogen (secondary N) is 1. The van der Waals surface area contributed by atoms with Gasteiger partial charge in [0.15, 0.2) is 5.65 Å². The van der Waals surface area contributed by atoms with Gasteiger partial charge in [0.25, 0.3) is 0 Å². The summed E-state index contributed by atoms with van der Waals surface area (Å²) in [6.07, 6.45) is 5.19. The Bertz CT molecular complexity index is 1070. The summed E-state index contributed by atoms with van der Waals surface area (Å²) in [5, 5.41) is 4.36. The third-order valence-corrected chi connectivity index (χ3v) is 6.72. The molecule has 2 heterocycles. The van der Waals surface area contributed by atoms with Crippen molar-refractivity contribution >= 4 is 15.7 Å². The summed E-state index contributed by atoms with van der Waals surface area (Å²) in [7, 11) is -3.54. The van der Waals surface area contributed by atoms with E-state index in [9.17, 15) is 8.42 Å². The Labute approximate surface area is 160 Å². The number of fused-ring (bicyclic) bond motifs is 1. The van der Waals surface area contributed by atoms with E-state index in [-0.39, 0.29) is 0 Å². The minimum Gasteiger partial charge on any atom is -0.237 e. The number of aryl methyl sites for hydroxylation is 4. The zero-order chi connectivity index (χ0) is 19.8. The molecule has 1 N–H and O–H groups in total. The van der Waals surface area contributed by atoms with Crippen molar-refractivity contribution < 1.29 is 8.42 Å². The van der Waals surface area contributed by atoms with Crippen LogP contribution < -0.4 is 4.72 Å². The number of hydrogen-bond acceptors (Lipinski definition) is 4. The van der Waals surface area contributed by atoms with E-state index < -0.39 is 10.0 Å². The fraction of sp³-hybridized carbons (Fsp3) is 0.400. The average molecular weight is 387 g/mol. The molecule has 2 aromatic heterocycles. The van der Waals surface area contributed by atoms with Crippen LogP contribution in [0.1, 0.15) is 39.9 Å². The lowest BCUT2D eigenvalue weighted by Crippen LogP contribution is -2.27. The van der Waals surface area contributed by atoms with Crippen LogP contribution in [0.4, 0.5) is 0 Å². The van der Waals surface area contributed by atoms with E-state index >= 15 is 0 Å². The number of rotatable bonds is 6. The minimum atomic E-state index is -3.54. The second-order valence-corrected chi connectivity index (χ2v) is 8.85. The van der Waals surface area contributed by atoms with E-state index in [1.54, 1.807) is 4.52 Å². The summed E-state index contributed by atoms with van der Waals surface area (Å²) in [6, 6.07) is 3.95. The number of hydrogen-bond donors (Lipinski definition) is 1. The topological polar surface area (TPSA) is 76.4 Å². The summed E-state index contributed by atoms with van der Waals surface area (Å²) in [5.74, 6) is 0. The van der Waals surface area contributed by atoms with Gasteiger partial charge in [0.05, 0.1) is 10.6 Å². The molecule has 27 heavy (non-hydrogen) atoms. The third kappa shape index (κ3) is 4.04. The zero-order valence-corrected chi connectivity index (χ0v) is 17.3. The molecule has 3 rings (SSSR count). The maximum absolute atomic E-state index is 12.8. The fourth-order valence-electron chi connectivity index (χ4n) is 3.32. The molecule has 0 bridgehead atoms. The molecule has 0 atom stereocenters. The molecular formula is C20H26N4O2S. The lowest BCUT2D eigenvalue weighted by atomic mass is 10.0. The lowest BCUT2D eigenvalue weighted by Gasteiger charge is -2.16. The summed E-state index contributed by atoms with van der Waals surface area (Å²) >= 11 is 0. The Morgan fingerprint density at radius 3 is 2.37 bits per heavy atom. The summed E-state index contributed by atoms with van der Waals surface area (Å²) in [6.45, 7) is 9.93. The second-order valence-electron chi connectivity index (χ2n) is 7.14. The largest absolute Gasteiger partial charge is 0.241 e. The average Bonchev–Trinajstić information content (AvgIpc) is 2.96. The first-order valence-corrected chi connectivity index (χ1v) is 10.6.